The second-order valence-electron chi connectivity index (χ2n) is 7.08. The number of piperazine rings is 1. The average Bonchev–Trinajstić information content (AvgIpc) is 3.18. The Morgan fingerprint density at radius 2 is 1.75 bits per heavy atom. The van der Waals surface area contributed by atoms with Crippen molar-refractivity contribution >= 4 is 27.7 Å². The van der Waals surface area contributed by atoms with Gasteiger partial charge < -0.3 is 14.0 Å². The van der Waals surface area contributed by atoms with Crippen molar-refractivity contribution in [1.82, 2.24) is 19.6 Å². The van der Waals surface area contributed by atoms with Crippen molar-refractivity contribution in [1.29, 1.82) is 0 Å². The summed E-state index contributed by atoms with van der Waals surface area (Å²) in [6, 6.07) is 13.5. The third-order valence-electron chi connectivity index (χ3n) is 5.43. The second kappa shape index (κ2) is 7.09. The molecule has 4 heterocycles. The topological polar surface area (TPSA) is 67.4 Å². The zero-order chi connectivity index (χ0) is 18.9. The van der Waals surface area contributed by atoms with Crippen molar-refractivity contribution in [3.05, 3.63) is 65.2 Å². The Kier molecular flexibility index (Phi) is 4.29. The third kappa shape index (κ3) is 3.03. The minimum absolute atomic E-state index is 0.0262. The molecular weight excluding hydrogens is 354 g/mol. The van der Waals surface area contributed by atoms with Gasteiger partial charge in [-0.3, -0.25) is 14.7 Å². The number of benzene rings is 1. The van der Waals surface area contributed by atoms with Gasteiger partial charge in [-0.25, -0.2) is 0 Å². The highest BCUT2D eigenvalue weighted by Gasteiger charge is 2.21. The number of hydrogen-bond donors (Lipinski definition) is 0. The molecule has 0 aliphatic carbocycles. The van der Waals surface area contributed by atoms with Crippen molar-refractivity contribution in [3.8, 4) is 0 Å². The van der Waals surface area contributed by atoms with E-state index in [4.69, 9.17) is 4.52 Å². The Bertz CT molecular complexity index is 1170. The summed E-state index contributed by atoms with van der Waals surface area (Å²) in [5.41, 5.74) is 1.60. The molecule has 1 aromatic carbocycles. The minimum atomic E-state index is 0.0262. The summed E-state index contributed by atoms with van der Waals surface area (Å²) in [5, 5.41) is 6.00. The van der Waals surface area contributed by atoms with Crippen molar-refractivity contribution in [2.45, 2.75) is 6.54 Å². The molecule has 4 aromatic rings. The van der Waals surface area contributed by atoms with E-state index < -0.39 is 0 Å². The Morgan fingerprint density at radius 1 is 0.929 bits per heavy atom. The minimum Gasteiger partial charge on any atom is -0.354 e. The molecule has 1 fully saturated rings. The fourth-order valence-electron chi connectivity index (χ4n) is 3.82. The highest BCUT2D eigenvalue weighted by molar-refractivity contribution is 5.88. The third-order valence-corrected chi connectivity index (χ3v) is 5.43. The van der Waals surface area contributed by atoms with Crippen LogP contribution >= 0.6 is 0 Å². The molecule has 7 nitrogen and oxygen atoms in total. The predicted octanol–water partition coefficient (Wildman–Crippen LogP) is 2.36. The fraction of sp³-hybridized carbons (Fsp3) is 0.286. The van der Waals surface area contributed by atoms with E-state index in [-0.39, 0.29) is 5.56 Å². The van der Waals surface area contributed by atoms with Crippen LogP contribution < -0.4 is 10.5 Å². The first kappa shape index (κ1) is 16.9. The predicted molar refractivity (Wildman–Crippen MR) is 109 cm³/mol. The SMILES string of the molecule is O=c1c2cccnc2ccn1CCN1CCN(c2noc3ccccc23)CC1. The molecule has 5 rings (SSSR count). The number of nitrogens with zero attached hydrogens (tertiary/aromatic N) is 5. The van der Waals surface area contributed by atoms with Gasteiger partial charge in [0, 0.05) is 51.7 Å². The number of anilines is 1. The highest BCUT2D eigenvalue weighted by Crippen LogP contribution is 2.26. The van der Waals surface area contributed by atoms with Crippen molar-refractivity contribution in [3.63, 3.8) is 0 Å². The van der Waals surface area contributed by atoms with Gasteiger partial charge in [-0.1, -0.05) is 17.3 Å². The van der Waals surface area contributed by atoms with Gasteiger partial charge in [-0.05, 0) is 30.3 Å². The summed E-state index contributed by atoms with van der Waals surface area (Å²) in [7, 11) is 0. The van der Waals surface area contributed by atoms with Crippen molar-refractivity contribution in [2.75, 3.05) is 37.6 Å². The van der Waals surface area contributed by atoms with Crippen LogP contribution in [0, 0.1) is 0 Å². The van der Waals surface area contributed by atoms with E-state index in [1.165, 1.54) is 0 Å². The Hall–Kier alpha value is -3.19. The van der Waals surface area contributed by atoms with Crippen LogP contribution in [0.3, 0.4) is 0 Å². The first-order valence-electron chi connectivity index (χ1n) is 9.55. The van der Waals surface area contributed by atoms with E-state index in [9.17, 15) is 4.79 Å². The molecule has 142 valence electrons. The zero-order valence-electron chi connectivity index (χ0n) is 15.5. The fourth-order valence-corrected chi connectivity index (χ4v) is 3.82. The van der Waals surface area contributed by atoms with Crippen LogP contribution in [0.25, 0.3) is 21.9 Å². The monoisotopic (exact) mass is 375 g/mol. The Balaban J connectivity index is 1.23. The molecule has 0 bridgehead atoms. The number of fused-ring (bicyclic) bond motifs is 2. The van der Waals surface area contributed by atoms with Crippen LogP contribution in [0.5, 0.6) is 0 Å². The number of pyridine rings is 2. The molecule has 0 unspecified atom stereocenters. The van der Waals surface area contributed by atoms with E-state index in [1.54, 1.807) is 16.8 Å². The summed E-state index contributed by atoms with van der Waals surface area (Å²) in [6.07, 6.45) is 3.55. The molecule has 1 saturated heterocycles. The molecule has 0 spiro atoms. The molecule has 0 amide bonds. The maximum Gasteiger partial charge on any atom is 0.260 e. The first-order chi connectivity index (χ1) is 13.8. The maximum atomic E-state index is 12.6. The van der Waals surface area contributed by atoms with Gasteiger partial charge in [0.2, 0.25) is 0 Å². The maximum absolute atomic E-state index is 12.6. The first-order valence-corrected chi connectivity index (χ1v) is 9.55. The summed E-state index contributed by atoms with van der Waals surface area (Å²) in [4.78, 5) is 21.5. The van der Waals surface area contributed by atoms with Gasteiger partial charge in [0.05, 0.1) is 16.3 Å². The molecule has 7 heteroatoms. The second-order valence-corrected chi connectivity index (χ2v) is 7.08. The highest BCUT2D eigenvalue weighted by atomic mass is 16.5. The number of para-hydroxylation sites is 1. The van der Waals surface area contributed by atoms with Crippen molar-refractivity contribution in [2.24, 2.45) is 0 Å². The zero-order valence-corrected chi connectivity index (χ0v) is 15.5. The lowest BCUT2D eigenvalue weighted by Gasteiger charge is -2.34. The van der Waals surface area contributed by atoms with E-state index in [2.05, 4.69) is 26.0 Å². The molecule has 0 atom stereocenters. The summed E-state index contributed by atoms with van der Waals surface area (Å²) in [6.45, 7) is 5.19. The van der Waals surface area contributed by atoms with Gasteiger partial charge in [0.15, 0.2) is 11.4 Å². The Labute approximate surface area is 161 Å². The lowest BCUT2D eigenvalue weighted by molar-refractivity contribution is 0.246. The molecule has 0 N–H and O–H groups in total. The number of aromatic nitrogens is 3. The van der Waals surface area contributed by atoms with E-state index >= 15 is 0 Å². The van der Waals surface area contributed by atoms with Crippen LogP contribution in [0.15, 0.2) is 64.2 Å². The van der Waals surface area contributed by atoms with E-state index in [0.29, 0.717) is 11.9 Å². The molecule has 28 heavy (non-hydrogen) atoms. The molecular formula is C21H21N5O2. The van der Waals surface area contributed by atoms with Crippen LogP contribution in [0.2, 0.25) is 0 Å². The molecule has 3 aromatic heterocycles. The molecule has 0 radical (unpaired) electrons. The van der Waals surface area contributed by atoms with Crippen molar-refractivity contribution < 1.29 is 4.52 Å². The van der Waals surface area contributed by atoms with Gasteiger partial charge >= 0.3 is 0 Å². The van der Waals surface area contributed by atoms with Gasteiger partial charge in [-0.15, -0.1) is 0 Å². The molecule has 1 aliphatic rings. The van der Waals surface area contributed by atoms with Gasteiger partial charge in [0.1, 0.15) is 0 Å². The standard InChI is InChI=1S/C21H21N5O2/c27-21-16-5-3-8-22-18(16)7-9-26(21)15-12-24-10-13-25(14-11-24)20-17-4-1-2-6-19(17)28-23-20/h1-9H,10-15H2. The lowest BCUT2D eigenvalue weighted by atomic mass is 10.2. The van der Waals surface area contributed by atoms with Gasteiger partial charge in [-0.2, -0.15) is 0 Å². The summed E-state index contributed by atoms with van der Waals surface area (Å²) in [5.74, 6) is 0.925. The average molecular weight is 375 g/mol. The lowest BCUT2D eigenvalue weighted by Crippen LogP contribution is -2.47. The van der Waals surface area contributed by atoms with E-state index in [0.717, 1.165) is 55.0 Å². The number of hydrogen-bond acceptors (Lipinski definition) is 6. The summed E-state index contributed by atoms with van der Waals surface area (Å²) >= 11 is 0. The van der Waals surface area contributed by atoms with Crippen LogP contribution in [-0.2, 0) is 6.54 Å². The van der Waals surface area contributed by atoms with Crippen LogP contribution in [-0.4, -0.2) is 52.3 Å². The van der Waals surface area contributed by atoms with Crippen LogP contribution in [0.4, 0.5) is 5.82 Å². The summed E-state index contributed by atoms with van der Waals surface area (Å²) < 4.78 is 7.21. The smallest absolute Gasteiger partial charge is 0.260 e. The van der Waals surface area contributed by atoms with Crippen LogP contribution in [0.1, 0.15) is 0 Å². The largest absolute Gasteiger partial charge is 0.354 e. The Morgan fingerprint density at radius 3 is 2.64 bits per heavy atom. The number of rotatable bonds is 4. The quantitative estimate of drug-likeness (QED) is 0.546. The van der Waals surface area contributed by atoms with Gasteiger partial charge in [0.25, 0.3) is 5.56 Å². The molecule has 0 saturated carbocycles. The normalized spacial score (nSPS) is 15.5. The van der Waals surface area contributed by atoms with E-state index in [1.807, 2.05) is 36.5 Å². The molecule has 1 aliphatic heterocycles.